The van der Waals surface area contributed by atoms with Crippen molar-refractivity contribution in [2.75, 3.05) is 23.4 Å². The third kappa shape index (κ3) is 2.37. The molecule has 0 atom stereocenters. The number of thiophene rings is 1. The highest BCUT2D eigenvalue weighted by molar-refractivity contribution is 7.26. The van der Waals surface area contributed by atoms with Gasteiger partial charge in [0.25, 0.3) is 0 Å². The van der Waals surface area contributed by atoms with Gasteiger partial charge in [0, 0.05) is 18.5 Å². The second kappa shape index (κ2) is 6.07. The minimum atomic E-state index is 0.692. The van der Waals surface area contributed by atoms with Crippen molar-refractivity contribution in [3.63, 3.8) is 0 Å². The predicted molar refractivity (Wildman–Crippen MR) is 103 cm³/mol. The van der Waals surface area contributed by atoms with Crippen LogP contribution in [-0.4, -0.2) is 28.0 Å². The second-order valence-corrected chi connectivity index (χ2v) is 7.97. The van der Waals surface area contributed by atoms with Crippen molar-refractivity contribution in [2.45, 2.75) is 44.9 Å². The summed E-state index contributed by atoms with van der Waals surface area (Å²) in [4.78, 5) is 17.6. The number of hydrazine groups is 1. The fourth-order valence-corrected chi connectivity index (χ4v) is 5.42. The molecule has 3 aromatic heterocycles. The zero-order chi connectivity index (χ0) is 16.8. The third-order valence-corrected chi connectivity index (χ3v) is 6.57. The Morgan fingerprint density at radius 3 is 2.60 bits per heavy atom. The van der Waals surface area contributed by atoms with Crippen LogP contribution in [0.25, 0.3) is 20.4 Å². The van der Waals surface area contributed by atoms with E-state index in [-0.39, 0.29) is 0 Å². The molecule has 1 aliphatic heterocycles. The van der Waals surface area contributed by atoms with Gasteiger partial charge in [-0.1, -0.05) is 0 Å². The molecular weight excluding hydrogens is 332 g/mol. The standard InChI is InChI=1S/C18H22N6S/c19-23-16-15-14(20-10-21-16)13-11-6-2-3-7-12(11)17(22-18(13)25-15)24-8-4-1-5-9-24/h10H,1-9,19H2,(H,20,21,23). The minimum absolute atomic E-state index is 0.692. The molecule has 1 aliphatic carbocycles. The van der Waals surface area contributed by atoms with Gasteiger partial charge in [-0.25, -0.2) is 20.8 Å². The average molecular weight is 354 g/mol. The summed E-state index contributed by atoms with van der Waals surface area (Å²) in [5.74, 6) is 7.58. The third-order valence-electron chi connectivity index (χ3n) is 5.49. The maximum atomic E-state index is 5.66. The Kier molecular flexibility index (Phi) is 3.71. The maximum absolute atomic E-state index is 5.66. The molecule has 5 rings (SSSR count). The molecule has 1 fully saturated rings. The molecule has 1 saturated heterocycles. The number of pyridine rings is 1. The number of aryl methyl sites for hydroxylation is 1. The number of aromatic nitrogens is 3. The van der Waals surface area contributed by atoms with Crippen molar-refractivity contribution in [1.29, 1.82) is 0 Å². The Balaban J connectivity index is 1.80. The molecule has 0 unspecified atom stereocenters. The van der Waals surface area contributed by atoms with Crippen LogP contribution >= 0.6 is 11.3 Å². The van der Waals surface area contributed by atoms with E-state index in [1.165, 1.54) is 54.4 Å². The van der Waals surface area contributed by atoms with Crippen molar-refractivity contribution in [3.8, 4) is 0 Å². The highest BCUT2D eigenvalue weighted by Gasteiger charge is 2.26. The van der Waals surface area contributed by atoms with Gasteiger partial charge in [-0.15, -0.1) is 11.3 Å². The van der Waals surface area contributed by atoms with Crippen molar-refractivity contribution in [2.24, 2.45) is 5.84 Å². The van der Waals surface area contributed by atoms with E-state index < -0.39 is 0 Å². The van der Waals surface area contributed by atoms with E-state index in [2.05, 4.69) is 20.3 Å². The molecule has 6 nitrogen and oxygen atoms in total. The van der Waals surface area contributed by atoms with E-state index in [1.54, 1.807) is 17.7 Å². The number of nitrogen functional groups attached to an aromatic ring is 1. The van der Waals surface area contributed by atoms with Gasteiger partial charge in [0.1, 0.15) is 17.0 Å². The van der Waals surface area contributed by atoms with Crippen LogP contribution in [0.4, 0.5) is 11.6 Å². The molecule has 130 valence electrons. The number of hydrogen-bond donors (Lipinski definition) is 2. The summed E-state index contributed by atoms with van der Waals surface area (Å²) in [5, 5.41) is 1.23. The van der Waals surface area contributed by atoms with Gasteiger partial charge < -0.3 is 10.3 Å². The number of anilines is 2. The highest BCUT2D eigenvalue weighted by atomic mass is 32.1. The first kappa shape index (κ1) is 15.3. The van der Waals surface area contributed by atoms with Gasteiger partial charge in [-0.2, -0.15) is 0 Å². The zero-order valence-electron chi connectivity index (χ0n) is 14.2. The van der Waals surface area contributed by atoms with Crippen molar-refractivity contribution < 1.29 is 0 Å². The van der Waals surface area contributed by atoms with Crippen molar-refractivity contribution in [3.05, 3.63) is 17.5 Å². The predicted octanol–water partition coefficient (Wildman–Crippen LogP) is 3.39. The molecule has 0 amide bonds. The molecule has 0 saturated carbocycles. The van der Waals surface area contributed by atoms with Gasteiger partial charge in [0.2, 0.25) is 0 Å². The van der Waals surface area contributed by atoms with E-state index in [9.17, 15) is 0 Å². The molecule has 3 aromatic rings. The summed E-state index contributed by atoms with van der Waals surface area (Å²) in [5.41, 5.74) is 6.63. The minimum Gasteiger partial charge on any atom is -0.356 e. The van der Waals surface area contributed by atoms with Crippen LogP contribution in [0.5, 0.6) is 0 Å². The maximum Gasteiger partial charge on any atom is 0.161 e. The fourth-order valence-electron chi connectivity index (χ4n) is 4.31. The molecule has 0 radical (unpaired) electrons. The SMILES string of the molecule is NNc1ncnc2c1sc1nc(N3CCCCC3)c3c(c12)CCCC3. The number of piperidine rings is 1. The molecule has 0 bridgehead atoms. The van der Waals surface area contributed by atoms with Gasteiger partial charge in [0.05, 0.1) is 10.2 Å². The van der Waals surface area contributed by atoms with E-state index in [4.69, 9.17) is 10.8 Å². The molecule has 0 aromatic carbocycles. The summed E-state index contributed by atoms with van der Waals surface area (Å²) in [6.07, 6.45) is 10.2. The quantitative estimate of drug-likeness (QED) is 0.542. The van der Waals surface area contributed by atoms with E-state index in [0.717, 1.165) is 41.0 Å². The molecule has 0 spiro atoms. The molecule has 7 heteroatoms. The number of fused-ring (bicyclic) bond motifs is 5. The Morgan fingerprint density at radius 2 is 1.80 bits per heavy atom. The van der Waals surface area contributed by atoms with Crippen molar-refractivity contribution in [1.82, 2.24) is 15.0 Å². The summed E-state index contributed by atoms with van der Waals surface area (Å²) < 4.78 is 1.01. The highest BCUT2D eigenvalue weighted by Crippen LogP contribution is 2.42. The van der Waals surface area contributed by atoms with Gasteiger partial charge in [-0.3, -0.25) is 0 Å². The van der Waals surface area contributed by atoms with Gasteiger partial charge in [-0.05, 0) is 56.1 Å². The monoisotopic (exact) mass is 354 g/mol. The molecule has 3 N–H and O–H groups in total. The zero-order valence-corrected chi connectivity index (χ0v) is 15.0. The van der Waals surface area contributed by atoms with Crippen LogP contribution < -0.4 is 16.2 Å². The Bertz CT molecular complexity index is 944. The lowest BCUT2D eigenvalue weighted by Gasteiger charge is -2.31. The molecule has 2 aliphatic rings. The normalized spacial score (nSPS) is 17.9. The van der Waals surface area contributed by atoms with Crippen LogP contribution in [0.15, 0.2) is 6.33 Å². The van der Waals surface area contributed by atoms with Crippen LogP contribution in [0, 0.1) is 0 Å². The largest absolute Gasteiger partial charge is 0.356 e. The van der Waals surface area contributed by atoms with Gasteiger partial charge in [0.15, 0.2) is 5.82 Å². The molecule has 25 heavy (non-hydrogen) atoms. The fraction of sp³-hybridized carbons (Fsp3) is 0.500. The number of nitrogens with one attached hydrogen (secondary N) is 1. The summed E-state index contributed by atoms with van der Waals surface area (Å²) in [6.45, 7) is 2.26. The Hall–Kier alpha value is -1.99. The number of nitrogens with zero attached hydrogens (tertiary/aromatic N) is 4. The van der Waals surface area contributed by atoms with E-state index in [1.807, 2.05) is 0 Å². The number of hydrogen-bond acceptors (Lipinski definition) is 7. The Labute approximate surface area is 150 Å². The van der Waals surface area contributed by atoms with Crippen LogP contribution in [-0.2, 0) is 12.8 Å². The average Bonchev–Trinajstić information content (AvgIpc) is 3.07. The van der Waals surface area contributed by atoms with E-state index >= 15 is 0 Å². The lowest BCUT2D eigenvalue weighted by atomic mass is 9.89. The lowest BCUT2D eigenvalue weighted by molar-refractivity contribution is 0.569. The number of rotatable bonds is 2. The summed E-state index contributed by atoms with van der Waals surface area (Å²) in [7, 11) is 0. The number of nitrogens with two attached hydrogens (primary N) is 1. The first-order valence-corrected chi connectivity index (χ1v) is 9.99. The Morgan fingerprint density at radius 1 is 1.00 bits per heavy atom. The second-order valence-electron chi connectivity index (χ2n) is 6.97. The van der Waals surface area contributed by atoms with Crippen LogP contribution in [0.1, 0.15) is 43.2 Å². The molecule has 4 heterocycles. The van der Waals surface area contributed by atoms with Gasteiger partial charge >= 0.3 is 0 Å². The first-order valence-electron chi connectivity index (χ1n) is 9.17. The van der Waals surface area contributed by atoms with Crippen LogP contribution in [0.2, 0.25) is 0 Å². The van der Waals surface area contributed by atoms with Crippen LogP contribution in [0.3, 0.4) is 0 Å². The summed E-state index contributed by atoms with van der Waals surface area (Å²) >= 11 is 1.66. The topological polar surface area (TPSA) is 80.0 Å². The van der Waals surface area contributed by atoms with E-state index in [0.29, 0.717) is 5.82 Å². The summed E-state index contributed by atoms with van der Waals surface area (Å²) in [6, 6.07) is 0. The first-order chi connectivity index (χ1) is 12.4. The lowest BCUT2D eigenvalue weighted by Crippen LogP contribution is -2.31. The van der Waals surface area contributed by atoms with Crippen molar-refractivity contribution >= 4 is 43.4 Å². The smallest absolute Gasteiger partial charge is 0.161 e. The molecular formula is C18H22N6S.